The van der Waals surface area contributed by atoms with Crippen LogP contribution in [-0.4, -0.2) is 9.95 Å². The van der Waals surface area contributed by atoms with Crippen molar-refractivity contribution >= 4 is 28.2 Å². The fraction of sp³-hybridized carbons (Fsp3) is 0.875. The van der Waals surface area contributed by atoms with E-state index in [1.807, 2.05) is 11.8 Å². The van der Waals surface area contributed by atoms with E-state index in [-0.39, 0.29) is 0 Å². The Bertz CT molecular complexity index is 120. The summed E-state index contributed by atoms with van der Waals surface area (Å²) in [5.74, 6) is 2.20. The average molecular weight is 174 g/mol. The standard InChI is InChI=1S/C8H14S2/c1-2-3-4-7-5-8(9)10-6-7/h7H,2-6H2,1H3. The molecule has 0 radical (unpaired) electrons. The molecule has 1 atom stereocenters. The van der Waals surface area contributed by atoms with Crippen molar-refractivity contribution < 1.29 is 0 Å². The van der Waals surface area contributed by atoms with E-state index in [1.165, 1.54) is 35.6 Å². The summed E-state index contributed by atoms with van der Waals surface area (Å²) >= 11 is 7.00. The van der Waals surface area contributed by atoms with Gasteiger partial charge in [-0.1, -0.05) is 32.0 Å². The van der Waals surface area contributed by atoms with Crippen molar-refractivity contribution in [3.05, 3.63) is 0 Å². The number of hydrogen-bond donors (Lipinski definition) is 0. The molecule has 1 aliphatic rings. The van der Waals surface area contributed by atoms with Crippen molar-refractivity contribution in [3.63, 3.8) is 0 Å². The van der Waals surface area contributed by atoms with Crippen LogP contribution in [-0.2, 0) is 0 Å². The van der Waals surface area contributed by atoms with Crippen molar-refractivity contribution in [2.45, 2.75) is 32.6 Å². The molecule has 0 aromatic rings. The van der Waals surface area contributed by atoms with E-state index < -0.39 is 0 Å². The van der Waals surface area contributed by atoms with Gasteiger partial charge in [-0.15, -0.1) is 11.8 Å². The quantitative estimate of drug-likeness (QED) is 0.602. The molecule has 0 aliphatic carbocycles. The van der Waals surface area contributed by atoms with E-state index in [4.69, 9.17) is 12.2 Å². The maximum atomic E-state index is 5.11. The second kappa shape index (κ2) is 4.35. The van der Waals surface area contributed by atoms with Gasteiger partial charge in [0.15, 0.2) is 0 Å². The van der Waals surface area contributed by atoms with Crippen LogP contribution in [0, 0.1) is 5.92 Å². The Morgan fingerprint density at radius 3 is 3.00 bits per heavy atom. The normalized spacial score (nSPS) is 25.7. The van der Waals surface area contributed by atoms with Crippen molar-refractivity contribution in [2.75, 3.05) is 5.75 Å². The highest BCUT2D eigenvalue weighted by molar-refractivity contribution is 8.23. The Hall–Kier alpha value is 0.440. The summed E-state index contributed by atoms with van der Waals surface area (Å²) in [7, 11) is 0. The van der Waals surface area contributed by atoms with Gasteiger partial charge in [-0.2, -0.15) is 0 Å². The van der Waals surface area contributed by atoms with Gasteiger partial charge in [-0.25, -0.2) is 0 Å². The summed E-state index contributed by atoms with van der Waals surface area (Å²) in [6.45, 7) is 2.25. The Morgan fingerprint density at radius 1 is 1.70 bits per heavy atom. The van der Waals surface area contributed by atoms with Crippen LogP contribution in [0.3, 0.4) is 0 Å². The molecule has 1 fully saturated rings. The molecule has 1 saturated heterocycles. The van der Waals surface area contributed by atoms with E-state index in [9.17, 15) is 0 Å². The van der Waals surface area contributed by atoms with Gasteiger partial charge in [-0.05, 0) is 18.8 Å². The first-order chi connectivity index (χ1) is 4.83. The highest BCUT2D eigenvalue weighted by atomic mass is 32.2. The molecule has 1 heterocycles. The lowest BCUT2D eigenvalue weighted by molar-refractivity contribution is 0.541. The molecule has 0 nitrogen and oxygen atoms in total. The number of hydrogen-bond acceptors (Lipinski definition) is 2. The monoisotopic (exact) mass is 174 g/mol. The zero-order chi connectivity index (χ0) is 7.40. The van der Waals surface area contributed by atoms with Gasteiger partial charge in [0.25, 0.3) is 0 Å². The molecule has 1 rings (SSSR count). The predicted molar refractivity (Wildman–Crippen MR) is 52.7 cm³/mol. The summed E-state index contributed by atoms with van der Waals surface area (Å²) in [5, 5.41) is 0. The van der Waals surface area contributed by atoms with Crippen LogP contribution in [0.2, 0.25) is 0 Å². The first kappa shape index (κ1) is 8.54. The molecular weight excluding hydrogens is 160 g/mol. The third-order valence-corrected chi connectivity index (χ3v) is 3.55. The van der Waals surface area contributed by atoms with Gasteiger partial charge < -0.3 is 0 Å². The van der Waals surface area contributed by atoms with Crippen molar-refractivity contribution in [1.82, 2.24) is 0 Å². The molecular formula is C8H14S2. The maximum Gasteiger partial charge on any atom is 0.0481 e. The first-order valence-corrected chi connectivity index (χ1v) is 5.38. The van der Waals surface area contributed by atoms with Crippen molar-refractivity contribution in [3.8, 4) is 0 Å². The van der Waals surface area contributed by atoms with Crippen LogP contribution in [0.25, 0.3) is 0 Å². The minimum atomic E-state index is 0.914. The minimum absolute atomic E-state index is 0.914. The molecule has 58 valence electrons. The van der Waals surface area contributed by atoms with Crippen LogP contribution in [0.5, 0.6) is 0 Å². The lowest BCUT2D eigenvalue weighted by Crippen LogP contribution is -1.96. The molecule has 10 heavy (non-hydrogen) atoms. The molecule has 1 aliphatic heterocycles. The zero-order valence-electron chi connectivity index (χ0n) is 6.43. The van der Waals surface area contributed by atoms with Crippen LogP contribution in [0.15, 0.2) is 0 Å². The zero-order valence-corrected chi connectivity index (χ0v) is 8.06. The van der Waals surface area contributed by atoms with Crippen LogP contribution in [0.1, 0.15) is 32.6 Å². The lowest BCUT2D eigenvalue weighted by Gasteiger charge is -2.03. The van der Waals surface area contributed by atoms with Crippen molar-refractivity contribution in [2.24, 2.45) is 5.92 Å². The van der Waals surface area contributed by atoms with E-state index in [2.05, 4.69) is 6.92 Å². The molecule has 0 spiro atoms. The number of thiocarbonyl (C=S) groups is 1. The highest BCUT2D eigenvalue weighted by Crippen LogP contribution is 2.30. The molecule has 0 saturated carbocycles. The fourth-order valence-corrected chi connectivity index (χ4v) is 2.74. The lowest BCUT2D eigenvalue weighted by atomic mass is 10.0. The summed E-state index contributed by atoms with van der Waals surface area (Å²) < 4.78 is 1.24. The second-order valence-electron chi connectivity index (χ2n) is 2.90. The van der Waals surface area contributed by atoms with Gasteiger partial charge >= 0.3 is 0 Å². The smallest absolute Gasteiger partial charge is 0.0481 e. The molecule has 0 N–H and O–H groups in total. The number of rotatable bonds is 3. The largest absolute Gasteiger partial charge is 0.119 e. The second-order valence-corrected chi connectivity index (χ2v) is 4.76. The Labute approximate surface area is 72.8 Å². The number of thioether (sulfide) groups is 1. The molecule has 0 bridgehead atoms. The maximum absolute atomic E-state index is 5.11. The van der Waals surface area contributed by atoms with E-state index in [1.54, 1.807) is 0 Å². The molecule has 1 unspecified atom stereocenters. The minimum Gasteiger partial charge on any atom is -0.119 e. The summed E-state index contributed by atoms with van der Waals surface area (Å²) in [4.78, 5) is 0. The third kappa shape index (κ3) is 2.59. The number of unbranched alkanes of at least 4 members (excludes halogenated alkanes) is 1. The summed E-state index contributed by atoms with van der Waals surface area (Å²) in [6.07, 6.45) is 5.31. The molecule has 2 heteroatoms. The van der Waals surface area contributed by atoms with E-state index in [0.29, 0.717) is 0 Å². The summed E-state index contributed by atoms with van der Waals surface area (Å²) in [5.41, 5.74) is 0. The van der Waals surface area contributed by atoms with Crippen LogP contribution >= 0.6 is 24.0 Å². The average Bonchev–Trinajstić information content (AvgIpc) is 2.31. The van der Waals surface area contributed by atoms with Crippen LogP contribution in [0.4, 0.5) is 0 Å². The predicted octanol–water partition coefficient (Wildman–Crippen LogP) is 3.26. The van der Waals surface area contributed by atoms with E-state index in [0.717, 1.165) is 5.92 Å². The van der Waals surface area contributed by atoms with Gasteiger partial charge in [0.2, 0.25) is 0 Å². The Balaban J connectivity index is 2.12. The van der Waals surface area contributed by atoms with Gasteiger partial charge in [0, 0.05) is 9.95 Å². The van der Waals surface area contributed by atoms with Gasteiger partial charge in [0.1, 0.15) is 0 Å². The van der Waals surface area contributed by atoms with E-state index >= 15 is 0 Å². The highest BCUT2D eigenvalue weighted by Gasteiger charge is 2.18. The molecule has 0 amide bonds. The first-order valence-electron chi connectivity index (χ1n) is 3.98. The molecule has 0 aromatic carbocycles. The topological polar surface area (TPSA) is 0 Å². The fourth-order valence-electron chi connectivity index (χ4n) is 1.24. The Kier molecular flexibility index (Phi) is 3.71. The van der Waals surface area contributed by atoms with Gasteiger partial charge in [-0.3, -0.25) is 0 Å². The van der Waals surface area contributed by atoms with Crippen molar-refractivity contribution in [1.29, 1.82) is 0 Å². The Morgan fingerprint density at radius 2 is 2.50 bits per heavy atom. The third-order valence-electron chi connectivity index (χ3n) is 1.90. The van der Waals surface area contributed by atoms with Crippen LogP contribution < -0.4 is 0 Å². The summed E-state index contributed by atoms with van der Waals surface area (Å²) in [6, 6.07) is 0. The SMILES string of the molecule is CCCCC1CSC(=S)C1. The van der Waals surface area contributed by atoms with Gasteiger partial charge in [0.05, 0.1) is 0 Å². The molecule has 0 aromatic heterocycles.